The Kier molecular flexibility index (Phi) is 4.62. The molecule has 2 aromatic carbocycles. The van der Waals surface area contributed by atoms with Gasteiger partial charge in [-0.2, -0.15) is 0 Å². The minimum atomic E-state index is -0.0225. The summed E-state index contributed by atoms with van der Waals surface area (Å²) in [6.07, 6.45) is 2.18. The van der Waals surface area contributed by atoms with Gasteiger partial charge in [-0.1, -0.05) is 30.3 Å². The standard InChI is InChI=1S/C15H14IO/c1-17-15-9-7-13(8-10-15)11-12-16-14-5-3-2-4-6-14/h2-12H,1H3/q+1/b12-11+. The molecule has 0 saturated heterocycles. The number of ether oxygens (including phenoxy) is 1. The molecule has 0 aliphatic heterocycles. The maximum atomic E-state index is 5.13. The second kappa shape index (κ2) is 6.45. The summed E-state index contributed by atoms with van der Waals surface area (Å²) in [7, 11) is 1.69. The Morgan fingerprint density at radius 3 is 2.29 bits per heavy atom. The molecule has 0 atom stereocenters. The van der Waals surface area contributed by atoms with E-state index in [2.05, 4.69) is 52.6 Å². The summed E-state index contributed by atoms with van der Waals surface area (Å²) >= 11 is -0.0225. The summed E-state index contributed by atoms with van der Waals surface area (Å²) in [5.41, 5.74) is 1.22. The summed E-state index contributed by atoms with van der Waals surface area (Å²) in [6, 6.07) is 18.7. The van der Waals surface area contributed by atoms with Crippen LogP contribution in [0.5, 0.6) is 5.75 Å². The fraction of sp³-hybridized carbons (Fsp3) is 0.0667. The van der Waals surface area contributed by atoms with Crippen LogP contribution in [-0.2, 0) is 0 Å². The van der Waals surface area contributed by atoms with Crippen molar-refractivity contribution in [1.82, 2.24) is 0 Å². The van der Waals surface area contributed by atoms with E-state index in [0.717, 1.165) is 5.75 Å². The van der Waals surface area contributed by atoms with Crippen LogP contribution in [0.15, 0.2) is 58.7 Å². The van der Waals surface area contributed by atoms with Gasteiger partial charge in [-0.15, -0.1) is 0 Å². The summed E-state index contributed by atoms with van der Waals surface area (Å²) in [5.74, 6) is 0.903. The Hall–Kier alpha value is -1.29. The van der Waals surface area contributed by atoms with Gasteiger partial charge in [-0.05, 0) is 35.9 Å². The number of halogens is 1. The third-order valence-corrected chi connectivity index (χ3v) is 4.45. The number of hydrogen-bond donors (Lipinski definition) is 0. The smallest absolute Gasteiger partial charge is 0.349 e. The highest BCUT2D eigenvalue weighted by Crippen LogP contribution is 2.11. The lowest BCUT2D eigenvalue weighted by Gasteiger charge is -1.97. The van der Waals surface area contributed by atoms with E-state index in [4.69, 9.17) is 4.74 Å². The lowest BCUT2D eigenvalue weighted by atomic mass is 10.2. The van der Waals surface area contributed by atoms with Gasteiger partial charge in [0.1, 0.15) is 5.75 Å². The minimum Gasteiger partial charge on any atom is -0.497 e. The highest BCUT2D eigenvalue weighted by Gasteiger charge is 2.04. The molecule has 0 unspecified atom stereocenters. The van der Waals surface area contributed by atoms with E-state index in [1.807, 2.05) is 12.1 Å². The summed E-state index contributed by atoms with van der Waals surface area (Å²) < 4.78 is 8.85. The van der Waals surface area contributed by atoms with Crippen LogP contribution in [0.4, 0.5) is 0 Å². The van der Waals surface area contributed by atoms with Gasteiger partial charge in [0, 0.05) is 0 Å². The average molecular weight is 337 g/mol. The fourth-order valence-electron chi connectivity index (χ4n) is 1.38. The first-order valence-corrected chi connectivity index (χ1v) is 7.70. The molecule has 86 valence electrons. The zero-order chi connectivity index (χ0) is 11.9. The van der Waals surface area contributed by atoms with Gasteiger partial charge in [-0.3, -0.25) is 0 Å². The maximum Gasteiger partial charge on any atom is 0.349 e. The molecule has 0 bridgehead atoms. The normalized spacial score (nSPS) is 10.6. The van der Waals surface area contributed by atoms with Gasteiger partial charge in [0.05, 0.1) is 7.11 Å². The van der Waals surface area contributed by atoms with E-state index in [9.17, 15) is 0 Å². The highest BCUT2D eigenvalue weighted by molar-refractivity contribution is 5.49. The molecule has 2 rings (SSSR count). The van der Waals surface area contributed by atoms with Gasteiger partial charge >= 0.3 is 21.2 Å². The molecule has 2 heteroatoms. The van der Waals surface area contributed by atoms with Crippen molar-refractivity contribution in [2.75, 3.05) is 7.11 Å². The molecule has 0 aliphatic rings. The van der Waals surface area contributed by atoms with Crippen molar-refractivity contribution in [2.45, 2.75) is 0 Å². The SMILES string of the molecule is COc1ccc(/C=C/[I+]c2ccccc2)cc1. The van der Waals surface area contributed by atoms with Crippen LogP contribution >= 0.6 is 0 Å². The van der Waals surface area contributed by atoms with Crippen molar-refractivity contribution < 1.29 is 25.9 Å². The van der Waals surface area contributed by atoms with E-state index in [-0.39, 0.29) is 21.2 Å². The minimum absolute atomic E-state index is 0.0225. The Labute approximate surface area is 112 Å². The number of methoxy groups -OCH3 is 1. The van der Waals surface area contributed by atoms with E-state index < -0.39 is 0 Å². The average Bonchev–Trinajstić information content (AvgIpc) is 2.41. The van der Waals surface area contributed by atoms with Gasteiger partial charge < -0.3 is 4.74 Å². The number of hydrogen-bond acceptors (Lipinski definition) is 1. The summed E-state index contributed by atoms with van der Waals surface area (Å²) in [4.78, 5) is 0. The zero-order valence-electron chi connectivity index (χ0n) is 9.64. The number of benzene rings is 2. The van der Waals surface area contributed by atoms with Crippen molar-refractivity contribution in [3.63, 3.8) is 0 Å². The van der Waals surface area contributed by atoms with Crippen LogP contribution in [0.3, 0.4) is 0 Å². The molecule has 0 saturated carbocycles. The van der Waals surface area contributed by atoms with Gasteiger partial charge in [-0.25, -0.2) is 0 Å². The lowest BCUT2D eigenvalue weighted by Crippen LogP contribution is -3.59. The van der Waals surface area contributed by atoms with Crippen LogP contribution in [0.25, 0.3) is 6.08 Å². The van der Waals surface area contributed by atoms with Crippen molar-refractivity contribution in [3.8, 4) is 5.75 Å². The fourth-order valence-corrected chi connectivity index (χ4v) is 3.22. The molecule has 0 aromatic heterocycles. The molecule has 0 radical (unpaired) electrons. The third kappa shape index (κ3) is 3.89. The van der Waals surface area contributed by atoms with Crippen molar-refractivity contribution in [2.24, 2.45) is 0 Å². The molecule has 2 aromatic rings. The topological polar surface area (TPSA) is 9.23 Å². The first-order valence-electron chi connectivity index (χ1n) is 5.37. The molecule has 0 fully saturated rings. The molecule has 1 nitrogen and oxygen atoms in total. The maximum absolute atomic E-state index is 5.13. The van der Waals surface area contributed by atoms with E-state index in [0.29, 0.717) is 0 Å². The third-order valence-electron chi connectivity index (χ3n) is 2.29. The molecule has 0 amide bonds. The Morgan fingerprint density at radius 2 is 1.65 bits per heavy atom. The quantitative estimate of drug-likeness (QED) is 0.744. The number of rotatable bonds is 4. The first-order chi connectivity index (χ1) is 8.38. The van der Waals surface area contributed by atoms with E-state index in [1.54, 1.807) is 7.11 Å². The molecule has 0 heterocycles. The van der Waals surface area contributed by atoms with Crippen molar-refractivity contribution in [1.29, 1.82) is 0 Å². The van der Waals surface area contributed by atoms with Crippen molar-refractivity contribution in [3.05, 3.63) is 67.8 Å². The van der Waals surface area contributed by atoms with Crippen LogP contribution in [0, 0.1) is 3.57 Å². The first kappa shape index (κ1) is 12.2. The highest BCUT2D eigenvalue weighted by atomic mass is 127. The predicted octanol–water partition coefficient (Wildman–Crippen LogP) is 0.625. The molecular weight excluding hydrogens is 323 g/mol. The Bertz CT molecular complexity index is 474. The molecule has 0 N–H and O–H groups in total. The summed E-state index contributed by atoms with van der Waals surface area (Å²) in [5, 5.41) is 0. The second-order valence-electron chi connectivity index (χ2n) is 3.47. The van der Waals surface area contributed by atoms with E-state index in [1.165, 1.54) is 9.13 Å². The molecule has 17 heavy (non-hydrogen) atoms. The Balaban J connectivity index is 1.96. The predicted molar refractivity (Wildman–Crippen MR) is 67.2 cm³/mol. The monoisotopic (exact) mass is 337 g/mol. The molecule has 0 spiro atoms. The van der Waals surface area contributed by atoms with E-state index >= 15 is 0 Å². The zero-order valence-corrected chi connectivity index (χ0v) is 11.8. The Morgan fingerprint density at radius 1 is 0.941 bits per heavy atom. The summed E-state index contributed by atoms with van der Waals surface area (Å²) in [6.45, 7) is 0. The van der Waals surface area contributed by atoms with Crippen molar-refractivity contribution >= 4 is 6.08 Å². The lowest BCUT2D eigenvalue weighted by molar-refractivity contribution is -0.555. The van der Waals surface area contributed by atoms with Crippen LogP contribution < -0.4 is 25.9 Å². The van der Waals surface area contributed by atoms with Crippen LogP contribution in [0.1, 0.15) is 5.56 Å². The van der Waals surface area contributed by atoms with Crippen LogP contribution in [0.2, 0.25) is 0 Å². The largest absolute Gasteiger partial charge is 0.497 e. The molecular formula is C15H14IO+. The molecule has 0 aliphatic carbocycles. The van der Waals surface area contributed by atoms with Crippen LogP contribution in [-0.4, -0.2) is 7.11 Å². The van der Waals surface area contributed by atoms with Gasteiger partial charge in [0.15, 0.2) is 7.65 Å². The second-order valence-corrected chi connectivity index (χ2v) is 6.06. The van der Waals surface area contributed by atoms with Gasteiger partial charge in [0.2, 0.25) is 0 Å². The van der Waals surface area contributed by atoms with Gasteiger partial charge in [0.25, 0.3) is 0 Å².